The van der Waals surface area contributed by atoms with Crippen LogP contribution < -0.4 is 14.8 Å². The van der Waals surface area contributed by atoms with Crippen LogP contribution in [0.2, 0.25) is 0 Å². The van der Waals surface area contributed by atoms with Gasteiger partial charge in [0.25, 0.3) is 5.91 Å². The van der Waals surface area contributed by atoms with E-state index in [1.807, 2.05) is 41.5 Å². The van der Waals surface area contributed by atoms with Crippen LogP contribution in [-0.4, -0.2) is 57.9 Å². The molecule has 0 aliphatic rings. The highest BCUT2D eigenvalue weighted by atomic mass is 32.1. The van der Waals surface area contributed by atoms with Gasteiger partial charge >= 0.3 is 0 Å². The minimum atomic E-state index is 0.162. The van der Waals surface area contributed by atoms with Gasteiger partial charge < -0.3 is 24.4 Å². The predicted molar refractivity (Wildman–Crippen MR) is 116 cm³/mol. The van der Waals surface area contributed by atoms with Crippen molar-refractivity contribution in [3.8, 4) is 11.5 Å². The lowest BCUT2D eigenvalue weighted by atomic mass is 10.1. The molecule has 0 unspecified atom stereocenters. The molecule has 2 rings (SSSR count). The first-order valence-corrected chi connectivity index (χ1v) is 11.0. The number of ether oxygens (including phenoxy) is 3. The van der Waals surface area contributed by atoms with Gasteiger partial charge in [0, 0.05) is 24.4 Å². The van der Waals surface area contributed by atoms with Crippen LogP contribution in [0.1, 0.15) is 23.8 Å². The summed E-state index contributed by atoms with van der Waals surface area (Å²) in [5.41, 5.74) is 1.12. The number of carbonyl (C=O) groups is 1. The van der Waals surface area contributed by atoms with E-state index in [0.29, 0.717) is 31.1 Å². The molecule has 0 bridgehead atoms. The molecule has 0 radical (unpaired) electrons. The molecule has 29 heavy (non-hydrogen) atoms. The average Bonchev–Trinajstić information content (AvgIpc) is 3.26. The highest BCUT2D eigenvalue weighted by molar-refractivity contribution is 7.09. The molecule has 1 amide bonds. The van der Waals surface area contributed by atoms with Crippen molar-refractivity contribution in [2.45, 2.75) is 26.3 Å². The maximum absolute atomic E-state index is 12.8. The maximum atomic E-state index is 12.8. The van der Waals surface area contributed by atoms with Crippen LogP contribution in [0.4, 0.5) is 0 Å². The van der Waals surface area contributed by atoms with Gasteiger partial charge in [-0.2, -0.15) is 0 Å². The standard InChI is InChI=1S/C22H32N2O4S/c1-4-28-13-6-11-23-16-22(25)24(17-19-7-5-14-29-19)12-10-18-8-9-20(26-2)21(15-18)27-3/h5,7-9,14-15,23H,4,6,10-13,16-17H2,1-3H3/p+1. The van der Waals surface area contributed by atoms with Crippen LogP contribution >= 0.6 is 11.3 Å². The Morgan fingerprint density at radius 2 is 2.00 bits per heavy atom. The lowest BCUT2D eigenvalue weighted by molar-refractivity contribution is -0.645. The summed E-state index contributed by atoms with van der Waals surface area (Å²) in [4.78, 5) is 16.0. The van der Waals surface area contributed by atoms with E-state index >= 15 is 0 Å². The second kappa shape index (κ2) is 13.2. The van der Waals surface area contributed by atoms with Crippen LogP contribution in [0.3, 0.4) is 0 Å². The SMILES string of the molecule is CCOCCC[NH2+]CC(=O)N(CCc1ccc(OC)c(OC)c1)Cc1cccs1. The number of quaternary nitrogens is 1. The zero-order chi connectivity index (χ0) is 20.9. The van der Waals surface area contributed by atoms with Gasteiger partial charge in [-0.25, -0.2) is 0 Å². The van der Waals surface area contributed by atoms with Crippen molar-refractivity contribution >= 4 is 17.2 Å². The fourth-order valence-corrected chi connectivity index (χ4v) is 3.73. The van der Waals surface area contributed by atoms with E-state index in [4.69, 9.17) is 14.2 Å². The zero-order valence-electron chi connectivity index (χ0n) is 17.7. The molecule has 2 aromatic rings. The minimum Gasteiger partial charge on any atom is -0.493 e. The smallest absolute Gasteiger partial charge is 0.278 e. The van der Waals surface area contributed by atoms with Gasteiger partial charge in [-0.05, 0) is 42.5 Å². The predicted octanol–water partition coefficient (Wildman–Crippen LogP) is 2.33. The second-order valence-corrected chi connectivity index (χ2v) is 7.70. The largest absolute Gasteiger partial charge is 0.493 e. The van der Waals surface area contributed by atoms with Gasteiger partial charge in [0.15, 0.2) is 18.0 Å². The van der Waals surface area contributed by atoms with Crippen LogP contribution in [0.5, 0.6) is 11.5 Å². The molecular weight excluding hydrogens is 388 g/mol. The number of rotatable bonds is 14. The molecule has 0 spiro atoms. The lowest BCUT2D eigenvalue weighted by Gasteiger charge is -2.22. The Kier molecular flexibility index (Phi) is 10.5. The third-order valence-corrected chi connectivity index (χ3v) is 5.48. The van der Waals surface area contributed by atoms with E-state index in [2.05, 4.69) is 11.4 Å². The van der Waals surface area contributed by atoms with Crippen molar-refractivity contribution in [2.24, 2.45) is 0 Å². The number of carbonyl (C=O) groups excluding carboxylic acids is 1. The topological polar surface area (TPSA) is 64.6 Å². The molecular formula is C22H33N2O4S+. The highest BCUT2D eigenvalue weighted by Gasteiger charge is 2.16. The van der Waals surface area contributed by atoms with E-state index in [0.717, 1.165) is 38.2 Å². The molecule has 1 aromatic carbocycles. The summed E-state index contributed by atoms with van der Waals surface area (Å²) in [6, 6.07) is 10.0. The van der Waals surface area contributed by atoms with Crippen LogP contribution in [0.15, 0.2) is 35.7 Å². The Morgan fingerprint density at radius 3 is 2.69 bits per heavy atom. The Labute approximate surface area is 177 Å². The average molecular weight is 422 g/mol. The molecule has 0 aliphatic heterocycles. The monoisotopic (exact) mass is 421 g/mol. The molecule has 0 saturated heterocycles. The van der Waals surface area contributed by atoms with E-state index in [1.165, 1.54) is 4.88 Å². The number of benzene rings is 1. The Hall–Kier alpha value is -2.09. The first-order valence-electron chi connectivity index (χ1n) is 10.1. The molecule has 1 heterocycles. The summed E-state index contributed by atoms with van der Waals surface area (Å²) in [5.74, 6) is 1.59. The van der Waals surface area contributed by atoms with Gasteiger partial charge in [0.1, 0.15) is 0 Å². The number of nitrogens with zero attached hydrogens (tertiary/aromatic N) is 1. The number of methoxy groups -OCH3 is 2. The molecule has 0 saturated carbocycles. The van der Waals surface area contributed by atoms with Gasteiger partial charge in [0.05, 0.1) is 33.9 Å². The first-order chi connectivity index (χ1) is 14.2. The second-order valence-electron chi connectivity index (χ2n) is 6.67. The van der Waals surface area contributed by atoms with Crippen molar-refractivity contribution in [3.05, 3.63) is 46.2 Å². The summed E-state index contributed by atoms with van der Waals surface area (Å²) in [6.07, 6.45) is 1.72. The summed E-state index contributed by atoms with van der Waals surface area (Å²) < 4.78 is 16.0. The normalized spacial score (nSPS) is 10.7. The van der Waals surface area contributed by atoms with Gasteiger partial charge in [-0.3, -0.25) is 4.79 Å². The minimum absolute atomic E-state index is 0.162. The molecule has 0 aliphatic carbocycles. The summed E-state index contributed by atoms with van der Waals surface area (Å²) in [6.45, 7) is 6.16. The fraction of sp³-hybridized carbons (Fsp3) is 0.500. The molecule has 1 aromatic heterocycles. The third kappa shape index (κ3) is 8.04. The van der Waals surface area contributed by atoms with Gasteiger partial charge in [0.2, 0.25) is 0 Å². The zero-order valence-corrected chi connectivity index (χ0v) is 18.5. The molecule has 160 valence electrons. The quantitative estimate of drug-likeness (QED) is 0.476. The van der Waals surface area contributed by atoms with Crippen molar-refractivity contribution in [3.63, 3.8) is 0 Å². The fourth-order valence-electron chi connectivity index (χ4n) is 3.01. The Bertz CT molecular complexity index is 722. The van der Waals surface area contributed by atoms with Crippen molar-refractivity contribution in [2.75, 3.05) is 47.1 Å². The number of hydrogen-bond donors (Lipinski definition) is 1. The van der Waals surface area contributed by atoms with Gasteiger partial charge in [-0.1, -0.05) is 12.1 Å². The molecule has 0 fully saturated rings. The molecule has 7 heteroatoms. The Balaban J connectivity index is 1.92. The number of amides is 1. The van der Waals surface area contributed by atoms with Crippen LogP contribution in [0, 0.1) is 0 Å². The number of thiophene rings is 1. The summed E-state index contributed by atoms with van der Waals surface area (Å²) >= 11 is 1.68. The van der Waals surface area contributed by atoms with Crippen LogP contribution in [-0.2, 0) is 22.5 Å². The number of hydrogen-bond acceptors (Lipinski definition) is 5. The van der Waals surface area contributed by atoms with E-state index in [-0.39, 0.29) is 5.91 Å². The molecule has 2 N–H and O–H groups in total. The lowest BCUT2D eigenvalue weighted by Crippen LogP contribution is -2.86. The van der Waals surface area contributed by atoms with Crippen molar-refractivity contribution in [1.82, 2.24) is 4.90 Å². The van der Waals surface area contributed by atoms with E-state index in [9.17, 15) is 4.79 Å². The van der Waals surface area contributed by atoms with Crippen molar-refractivity contribution < 1.29 is 24.3 Å². The highest BCUT2D eigenvalue weighted by Crippen LogP contribution is 2.27. The first kappa shape index (κ1) is 23.2. The van der Waals surface area contributed by atoms with E-state index in [1.54, 1.807) is 25.6 Å². The van der Waals surface area contributed by atoms with E-state index < -0.39 is 0 Å². The molecule has 6 nitrogen and oxygen atoms in total. The summed E-state index contributed by atoms with van der Waals surface area (Å²) in [5, 5.41) is 4.12. The summed E-state index contributed by atoms with van der Waals surface area (Å²) in [7, 11) is 3.26. The van der Waals surface area contributed by atoms with Crippen molar-refractivity contribution in [1.29, 1.82) is 0 Å². The third-order valence-electron chi connectivity index (χ3n) is 4.62. The maximum Gasteiger partial charge on any atom is 0.278 e. The molecule has 0 atom stereocenters. The van der Waals surface area contributed by atoms with Crippen LogP contribution in [0.25, 0.3) is 0 Å². The van der Waals surface area contributed by atoms with Gasteiger partial charge in [-0.15, -0.1) is 11.3 Å². The number of nitrogens with two attached hydrogens (primary N) is 1. The Morgan fingerprint density at radius 1 is 1.17 bits per heavy atom.